The zero-order valence-electron chi connectivity index (χ0n) is 15.5. The van der Waals surface area contributed by atoms with E-state index < -0.39 is 0 Å². The van der Waals surface area contributed by atoms with Crippen LogP contribution in [0, 0.1) is 27.7 Å². The first-order valence-corrected chi connectivity index (χ1v) is 10.1. The molecule has 0 unspecified atom stereocenters. The van der Waals surface area contributed by atoms with E-state index in [4.69, 9.17) is 4.42 Å². The molecule has 0 amide bonds. The molecule has 0 fully saturated rings. The minimum Gasteiger partial charge on any atom is -0.461 e. The van der Waals surface area contributed by atoms with Crippen LogP contribution in [0.4, 0.5) is 0 Å². The van der Waals surface area contributed by atoms with E-state index in [1.54, 1.807) is 0 Å². The summed E-state index contributed by atoms with van der Waals surface area (Å²) in [5, 5.41) is 1.19. The van der Waals surface area contributed by atoms with Gasteiger partial charge in [0.1, 0.15) is 23.9 Å². The molecule has 3 rings (SSSR count). The Morgan fingerprint density at radius 2 is 1.46 bits per heavy atom. The quantitative estimate of drug-likeness (QED) is 0.517. The molecular weight excluding hydrogens is 389 g/mol. The molecule has 24 heavy (non-hydrogen) atoms. The largest absolute Gasteiger partial charge is 0.461 e. The number of benzene rings is 2. The molecule has 123 valence electrons. The van der Waals surface area contributed by atoms with Crippen LogP contribution in [0.1, 0.15) is 33.6 Å². The first-order chi connectivity index (χ1) is 10.9. The average Bonchev–Trinajstić information content (AvgIpc) is 2.92. The third-order valence-electron chi connectivity index (χ3n) is 4.95. The Morgan fingerprint density at radius 1 is 0.875 bits per heavy atom. The van der Waals surface area contributed by atoms with E-state index >= 15 is 0 Å². The second-order valence-corrected chi connectivity index (χ2v) is 8.59. The average molecular weight is 414 g/mol. The van der Waals surface area contributed by atoms with Crippen LogP contribution in [0.2, 0.25) is 0 Å². The summed E-state index contributed by atoms with van der Waals surface area (Å²) >= 11 is 0. The van der Waals surface area contributed by atoms with E-state index in [0.29, 0.717) is 0 Å². The monoisotopic (exact) mass is 414 g/mol. The van der Waals surface area contributed by atoms with Crippen molar-refractivity contribution in [1.82, 2.24) is 0 Å². The van der Waals surface area contributed by atoms with Crippen molar-refractivity contribution < 1.29 is 37.1 Å². The molecule has 0 aliphatic rings. The first-order valence-electron chi connectivity index (χ1n) is 8.04. The van der Waals surface area contributed by atoms with Crippen LogP contribution in [-0.4, -0.2) is 12.5 Å². The SMILES string of the molecule is Cc1c(C)c([S+](C)C)c(C)c(C)c1Cc1cc2ccccc2o1.[Y]. The van der Waals surface area contributed by atoms with Gasteiger partial charge >= 0.3 is 0 Å². The third kappa shape index (κ3) is 3.52. The summed E-state index contributed by atoms with van der Waals surface area (Å²) in [5.74, 6) is 1.05. The zero-order valence-corrected chi connectivity index (χ0v) is 19.1. The van der Waals surface area contributed by atoms with Gasteiger partial charge in [0.15, 0.2) is 4.90 Å². The Balaban J connectivity index is 0.00000208. The second-order valence-electron chi connectivity index (χ2n) is 6.55. The van der Waals surface area contributed by atoms with Crippen LogP contribution in [0.25, 0.3) is 11.0 Å². The number of rotatable bonds is 3. The second kappa shape index (κ2) is 7.76. The predicted molar refractivity (Wildman–Crippen MR) is 102 cm³/mol. The maximum absolute atomic E-state index is 6.04. The van der Waals surface area contributed by atoms with Crippen LogP contribution in [0.15, 0.2) is 39.6 Å². The molecule has 0 N–H and O–H groups in total. The van der Waals surface area contributed by atoms with E-state index in [2.05, 4.69) is 58.4 Å². The van der Waals surface area contributed by atoms with Gasteiger partial charge in [-0.25, -0.2) is 0 Å². The van der Waals surface area contributed by atoms with Gasteiger partial charge in [0.25, 0.3) is 0 Å². The molecule has 0 aliphatic carbocycles. The number of fused-ring (bicyclic) bond motifs is 1. The summed E-state index contributed by atoms with van der Waals surface area (Å²) in [7, 11) is 0.287. The van der Waals surface area contributed by atoms with Gasteiger partial charge in [-0.15, -0.1) is 0 Å². The molecule has 0 bridgehead atoms. The van der Waals surface area contributed by atoms with Gasteiger partial charge in [0.2, 0.25) is 0 Å². The van der Waals surface area contributed by atoms with Crippen molar-refractivity contribution in [3.8, 4) is 0 Å². The number of hydrogen-bond acceptors (Lipinski definition) is 1. The molecule has 1 radical (unpaired) electrons. The summed E-state index contributed by atoms with van der Waals surface area (Å²) < 4.78 is 6.04. The topological polar surface area (TPSA) is 13.1 Å². The summed E-state index contributed by atoms with van der Waals surface area (Å²) in [4.78, 5) is 1.54. The van der Waals surface area contributed by atoms with Crippen LogP contribution in [0.5, 0.6) is 0 Å². The molecule has 3 heteroatoms. The van der Waals surface area contributed by atoms with Crippen molar-refractivity contribution >= 4 is 21.9 Å². The summed E-state index contributed by atoms with van der Waals surface area (Å²) in [5.41, 5.74) is 8.15. The van der Waals surface area contributed by atoms with Crippen molar-refractivity contribution in [2.45, 2.75) is 39.0 Å². The molecule has 0 atom stereocenters. The van der Waals surface area contributed by atoms with Gasteiger partial charge in [-0.2, -0.15) is 0 Å². The Labute approximate surface area is 173 Å². The normalized spacial score (nSPS) is 11.1. The summed E-state index contributed by atoms with van der Waals surface area (Å²) in [6, 6.07) is 10.4. The summed E-state index contributed by atoms with van der Waals surface area (Å²) in [6.45, 7) is 9.06. The molecule has 0 aliphatic heterocycles. The fourth-order valence-electron chi connectivity index (χ4n) is 3.53. The number of hydrogen-bond donors (Lipinski definition) is 0. The van der Waals surface area contributed by atoms with E-state index in [-0.39, 0.29) is 43.6 Å². The van der Waals surface area contributed by atoms with Crippen LogP contribution in [-0.2, 0) is 50.0 Å². The molecular formula is C21H25OSY+. The van der Waals surface area contributed by atoms with Gasteiger partial charge in [-0.05, 0) is 56.5 Å². The molecule has 0 spiro atoms. The molecule has 1 aromatic heterocycles. The fraction of sp³-hybridized carbons (Fsp3) is 0.333. The zero-order chi connectivity index (χ0) is 16.7. The fourth-order valence-corrected chi connectivity index (χ4v) is 5.06. The van der Waals surface area contributed by atoms with Gasteiger partial charge in [-0.3, -0.25) is 0 Å². The Morgan fingerprint density at radius 3 is 2.00 bits per heavy atom. The maximum atomic E-state index is 6.04. The predicted octanol–water partition coefficient (Wildman–Crippen LogP) is 5.49. The number of para-hydroxylation sites is 1. The van der Waals surface area contributed by atoms with Crippen LogP contribution < -0.4 is 0 Å². The summed E-state index contributed by atoms with van der Waals surface area (Å²) in [6.07, 6.45) is 5.50. The van der Waals surface area contributed by atoms with E-state index in [1.807, 2.05) is 12.1 Å². The minimum atomic E-state index is 0. The van der Waals surface area contributed by atoms with Gasteiger partial charge in [-0.1, -0.05) is 18.2 Å². The Hall–Kier alpha value is -0.566. The number of furan rings is 1. The Kier molecular flexibility index (Phi) is 6.39. The van der Waals surface area contributed by atoms with Crippen molar-refractivity contribution in [2.75, 3.05) is 12.5 Å². The Bertz CT molecular complexity index is 815. The van der Waals surface area contributed by atoms with Crippen LogP contribution in [0.3, 0.4) is 0 Å². The third-order valence-corrected chi connectivity index (χ3v) is 6.38. The maximum Gasteiger partial charge on any atom is 0.160 e. The molecule has 2 aromatic carbocycles. The molecule has 3 aromatic rings. The van der Waals surface area contributed by atoms with E-state index in [1.165, 1.54) is 38.1 Å². The first kappa shape index (κ1) is 19.8. The van der Waals surface area contributed by atoms with Crippen molar-refractivity contribution in [3.63, 3.8) is 0 Å². The van der Waals surface area contributed by atoms with Gasteiger partial charge in [0, 0.05) is 66.5 Å². The molecule has 0 saturated heterocycles. The van der Waals surface area contributed by atoms with Crippen molar-refractivity contribution in [2.24, 2.45) is 0 Å². The minimum absolute atomic E-state index is 0. The standard InChI is InChI=1S/C21H25OS.Y/c1-13-15(3)21(23(5)6)16(4)14(2)19(13)12-18-11-17-9-7-8-10-20(17)22-18;/h7-11H,12H2,1-6H3;/q+1;. The molecule has 0 saturated carbocycles. The van der Waals surface area contributed by atoms with E-state index in [9.17, 15) is 0 Å². The van der Waals surface area contributed by atoms with Crippen LogP contribution >= 0.6 is 0 Å². The molecule has 1 heterocycles. The molecule has 1 nitrogen and oxygen atoms in total. The smallest absolute Gasteiger partial charge is 0.160 e. The van der Waals surface area contributed by atoms with Gasteiger partial charge < -0.3 is 4.42 Å². The van der Waals surface area contributed by atoms with Gasteiger partial charge in [0.05, 0.1) is 0 Å². The van der Waals surface area contributed by atoms with E-state index in [0.717, 1.165) is 17.8 Å². The van der Waals surface area contributed by atoms with Crippen molar-refractivity contribution in [1.29, 1.82) is 0 Å². The van der Waals surface area contributed by atoms with Crippen molar-refractivity contribution in [3.05, 3.63) is 63.9 Å².